The predicted octanol–water partition coefficient (Wildman–Crippen LogP) is 3.35. The molecule has 0 unspecified atom stereocenters. The van der Waals surface area contributed by atoms with Crippen molar-refractivity contribution in [3.8, 4) is 0 Å². The molecule has 1 aliphatic heterocycles. The number of aryl methyl sites for hydroxylation is 1. The quantitative estimate of drug-likeness (QED) is 0.691. The Morgan fingerprint density at radius 2 is 2.36 bits per heavy atom. The average molecular weight is 313 g/mol. The van der Waals surface area contributed by atoms with Crippen molar-refractivity contribution < 1.29 is 9.32 Å². The smallest absolute Gasteiger partial charge is 0.257 e. The fraction of sp³-hybridized carbons (Fsp3) is 0.312. The van der Waals surface area contributed by atoms with E-state index in [1.807, 2.05) is 17.9 Å². The van der Waals surface area contributed by atoms with E-state index in [9.17, 15) is 4.79 Å². The Morgan fingerprint density at radius 1 is 1.50 bits per heavy atom. The molecule has 5 nitrogen and oxygen atoms in total. The van der Waals surface area contributed by atoms with Gasteiger partial charge in [-0.05, 0) is 43.3 Å². The molecule has 112 valence electrons. The van der Waals surface area contributed by atoms with Crippen molar-refractivity contribution in [2.75, 3.05) is 6.54 Å². The molecule has 0 fully saturated rings. The molecule has 0 bridgehead atoms. The maximum Gasteiger partial charge on any atom is 0.257 e. The second-order valence-electron chi connectivity index (χ2n) is 5.57. The molecule has 1 atom stereocenters. The van der Waals surface area contributed by atoms with Crippen LogP contribution >= 0.6 is 11.3 Å². The van der Waals surface area contributed by atoms with Gasteiger partial charge in [-0.15, -0.1) is 11.3 Å². The summed E-state index contributed by atoms with van der Waals surface area (Å²) in [4.78, 5) is 20.4. The van der Waals surface area contributed by atoms with Crippen LogP contribution in [0.2, 0.25) is 0 Å². The molecule has 4 rings (SSSR count). The summed E-state index contributed by atoms with van der Waals surface area (Å²) >= 11 is 1.77. The molecular formula is C16H15N3O2S. The molecule has 1 amide bonds. The average Bonchev–Trinajstić information content (AvgIpc) is 3.14. The number of rotatable bonds is 1. The van der Waals surface area contributed by atoms with Gasteiger partial charge in [-0.25, -0.2) is 4.98 Å². The molecule has 1 aliphatic rings. The maximum absolute atomic E-state index is 12.9. The topological polar surface area (TPSA) is 59.2 Å². The van der Waals surface area contributed by atoms with E-state index in [0.717, 1.165) is 24.0 Å². The summed E-state index contributed by atoms with van der Waals surface area (Å²) in [6.45, 7) is 4.68. The van der Waals surface area contributed by atoms with E-state index in [4.69, 9.17) is 4.52 Å². The highest BCUT2D eigenvalue weighted by Gasteiger charge is 2.29. The first-order valence-electron chi connectivity index (χ1n) is 7.24. The van der Waals surface area contributed by atoms with Crippen molar-refractivity contribution in [3.05, 3.63) is 45.4 Å². The van der Waals surface area contributed by atoms with Crippen molar-refractivity contribution >= 4 is 28.3 Å². The Hall–Kier alpha value is -2.21. The van der Waals surface area contributed by atoms with Crippen LogP contribution in [-0.2, 0) is 6.42 Å². The number of aromatic nitrogens is 2. The van der Waals surface area contributed by atoms with Crippen LogP contribution in [0, 0.1) is 6.92 Å². The normalized spacial score (nSPS) is 17.7. The van der Waals surface area contributed by atoms with Crippen LogP contribution in [0.5, 0.6) is 0 Å². The number of fused-ring (bicyclic) bond motifs is 2. The minimum Gasteiger partial charge on any atom is -0.336 e. The third kappa shape index (κ3) is 1.94. The van der Waals surface area contributed by atoms with Crippen molar-refractivity contribution in [2.45, 2.75) is 26.3 Å². The zero-order valence-corrected chi connectivity index (χ0v) is 13.2. The van der Waals surface area contributed by atoms with E-state index in [1.54, 1.807) is 17.5 Å². The highest BCUT2D eigenvalue weighted by molar-refractivity contribution is 7.10. The summed E-state index contributed by atoms with van der Waals surface area (Å²) in [6.07, 6.45) is 2.50. The summed E-state index contributed by atoms with van der Waals surface area (Å²) in [5, 5.41) is 6.78. The largest absolute Gasteiger partial charge is 0.336 e. The van der Waals surface area contributed by atoms with Gasteiger partial charge in [-0.3, -0.25) is 4.79 Å². The highest BCUT2D eigenvalue weighted by Crippen LogP contribution is 2.33. The van der Waals surface area contributed by atoms with Gasteiger partial charge in [0.15, 0.2) is 0 Å². The summed E-state index contributed by atoms with van der Waals surface area (Å²) in [6, 6.07) is 4.05. The van der Waals surface area contributed by atoms with Crippen LogP contribution in [-0.4, -0.2) is 27.5 Å². The van der Waals surface area contributed by atoms with Gasteiger partial charge in [0.25, 0.3) is 11.6 Å². The van der Waals surface area contributed by atoms with E-state index in [-0.39, 0.29) is 11.9 Å². The van der Waals surface area contributed by atoms with E-state index >= 15 is 0 Å². The van der Waals surface area contributed by atoms with E-state index in [0.29, 0.717) is 11.3 Å². The fourth-order valence-corrected chi connectivity index (χ4v) is 3.98. The Kier molecular flexibility index (Phi) is 3.00. The number of hydrogen-bond acceptors (Lipinski definition) is 5. The molecule has 22 heavy (non-hydrogen) atoms. The van der Waals surface area contributed by atoms with Crippen LogP contribution in [0.3, 0.4) is 0 Å². The van der Waals surface area contributed by atoms with Crippen molar-refractivity contribution in [2.24, 2.45) is 0 Å². The predicted molar refractivity (Wildman–Crippen MR) is 84.0 cm³/mol. The number of hydrogen-bond donors (Lipinski definition) is 0. The van der Waals surface area contributed by atoms with Gasteiger partial charge in [-0.2, -0.15) is 0 Å². The van der Waals surface area contributed by atoms with Crippen LogP contribution in [0.15, 0.2) is 28.2 Å². The third-order valence-corrected chi connectivity index (χ3v) is 5.29. The Morgan fingerprint density at radius 3 is 3.23 bits per heavy atom. The molecule has 0 aromatic carbocycles. The van der Waals surface area contributed by atoms with Gasteiger partial charge in [0, 0.05) is 17.6 Å². The second kappa shape index (κ2) is 4.91. The summed E-state index contributed by atoms with van der Waals surface area (Å²) < 4.78 is 5.10. The first-order valence-corrected chi connectivity index (χ1v) is 8.12. The summed E-state index contributed by atoms with van der Waals surface area (Å²) in [7, 11) is 0. The SMILES string of the molecule is Cc1noc2ncc(C(=O)N3CCc4sccc4[C@H]3C)cc12. The minimum absolute atomic E-state index is 0.0133. The minimum atomic E-state index is 0.0133. The van der Waals surface area contributed by atoms with Crippen LogP contribution in [0.1, 0.15) is 39.5 Å². The molecule has 0 aliphatic carbocycles. The third-order valence-electron chi connectivity index (χ3n) is 4.30. The summed E-state index contributed by atoms with van der Waals surface area (Å²) in [5.41, 5.74) is 3.08. The van der Waals surface area contributed by atoms with E-state index in [1.165, 1.54) is 10.4 Å². The summed E-state index contributed by atoms with van der Waals surface area (Å²) in [5.74, 6) is 0.0133. The number of pyridine rings is 1. The molecule has 4 heterocycles. The monoisotopic (exact) mass is 313 g/mol. The van der Waals surface area contributed by atoms with Gasteiger partial charge < -0.3 is 9.42 Å². The maximum atomic E-state index is 12.9. The van der Waals surface area contributed by atoms with Crippen LogP contribution in [0.4, 0.5) is 0 Å². The van der Waals surface area contributed by atoms with Gasteiger partial charge in [0.2, 0.25) is 0 Å². The highest BCUT2D eigenvalue weighted by atomic mass is 32.1. The molecule has 3 aromatic heterocycles. The molecule has 3 aromatic rings. The van der Waals surface area contributed by atoms with Crippen molar-refractivity contribution in [1.82, 2.24) is 15.0 Å². The molecule has 0 spiro atoms. The first kappa shape index (κ1) is 13.5. The standard InChI is InChI=1S/C16H15N3O2S/c1-9-13-7-11(8-17-15(13)21-18-9)16(20)19-5-3-14-12(10(19)2)4-6-22-14/h4,6-8,10H,3,5H2,1-2H3/t10-/m1/s1. The van der Waals surface area contributed by atoms with E-state index in [2.05, 4.69) is 28.5 Å². The van der Waals surface area contributed by atoms with Crippen LogP contribution < -0.4 is 0 Å². The first-order chi connectivity index (χ1) is 10.6. The van der Waals surface area contributed by atoms with Gasteiger partial charge >= 0.3 is 0 Å². The van der Waals surface area contributed by atoms with Crippen LogP contribution in [0.25, 0.3) is 11.1 Å². The molecule has 6 heteroatoms. The number of carbonyl (C=O) groups excluding carboxylic acids is 1. The van der Waals surface area contributed by atoms with Gasteiger partial charge in [0.05, 0.1) is 22.7 Å². The zero-order chi connectivity index (χ0) is 15.3. The lowest BCUT2D eigenvalue weighted by atomic mass is 10.0. The second-order valence-corrected chi connectivity index (χ2v) is 6.57. The number of thiophene rings is 1. The number of carbonyl (C=O) groups is 1. The van der Waals surface area contributed by atoms with E-state index < -0.39 is 0 Å². The Labute approximate surface area is 131 Å². The molecule has 0 N–H and O–H groups in total. The molecule has 0 radical (unpaired) electrons. The number of nitrogens with zero attached hydrogens (tertiary/aromatic N) is 3. The lowest BCUT2D eigenvalue weighted by molar-refractivity contribution is 0.0679. The Bertz CT molecular complexity index is 867. The lowest BCUT2D eigenvalue weighted by Gasteiger charge is -2.33. The van der Waals surface area contributed by atoms with Gasteiger partial charge in [0.1, 0.15) is 0 Å². The van der Waals surface area contributed by atoms with Gasteiger partial charge in [-0.1, -0.05) is 5.16 Å². The Balaban J connectivity index is 1.70. The lowest BCUT2D eigenvalue weighted by Crippen LogP contribution is -2.38. The molecule has 0 saturated heterocycles. The fourth-order valence-electron chi connectivity index (χ4n) is 3.01. The van der Waals surface area contributed by atoms with Crippen molar-refractivity contribution in [1.29, 1.82) is 0 Å². The molecular weight excluding hydrogens is 298 g/mol. The molecule has 0 saturated carbocycles. The number of amides is 1. The van der Waals surface area contributed by atoms with Crippen molar-refractivity contribution in [3.63, 3.8) is 0 Å². The zero-order valence-electron chi connectivity index (χ0n) is 12.4.